The largest absolute Gasteiger partial charge is 0.389 e. The number of nitrogens with zero attached hydrogens (tertiary/aromatic N) is 1. The predicted octanol–water partition coefficient (Wildman–Crippen LogP) is 3.63. The van der Waals surface area contributed by atoms with Crippen molar-refractivity contribution in [3.63, 3.8) is 0 Å². The maximum absolute atomic E-state index is 13.2. The van der Waals surface area contributed by atoms with E-state index in [1.807, 2.05) is 30.3 Å². The topological polar surface area (TPSA) is 52.6 Å². The lowest BCUT2D eigenvalue weighted by molar-refractivity contribution is 0.0469. The molecular weight excluding hydrogens is 295 g/mol. The minimum Gasteiger partial charge on any atom is -0.389 e. The maximum Gasteiger partial charge on any atom is 0.322 e. The predicted molar refractivity (Wildman–Crippen MR) is 88.6 cm³/mol. The molecule has 0 fully saturated rings. The van der Waals surface area contributed by atoms with Gasteiger partial charge in [-0.2, -0.15) is 0 Å². The minimum atomic E-state index is -1.03. The number of amides is 2. The molecule has 122 valence electrons. The highest BCUT2D eigenvalue weighted by molar-refractivity contribution is 5.89. The van der Waals surface area contributed by atoms with Crippen molar-refractivity contribution in [3.05, 3.63) is 66.0 Å². The molecule has 0 aromatic heterocycles. The van der Waals surface area contributed by atoms with Crippen molar-refractivity contribution in [2.24, 2.45) is 0 Å². The second-order valence-electron chi connectivity index (χ2n) is 6.09. The quantitative estimate of drug-likeness (QED) is 0.885. The van der Waals surface area contributed by atoms with E-state index >= 15 is 0 Å². The van der Waals surface area contributed by atoms with E-state index in [1.165, 1.54) is 23.1 Å². The molecular formula is C18H21FN2O2. The van der Waals surface area contributed by atoms with Gasteiger partial charge in [0.15, 0.2) is 0 Å². The summed E-state index contributed by atoms with van der Waals surface area (Å²) < 4.78 is 13.2. The third-order valence-electron chi connectivity index (χ3n) is 3.16. The molecule has 23 heavy (non-hydrogen) atoms. The Kier molecular flexibility index (Phi) is 5.34. The minimum absolute atomic E-state index is 0.156. The van der Waals surface area contributed by atoms with Crippen LogP contribution in [0.15, 0.2) is 54.6 Å². The lowest BCUT2D eigenvalue weighted by Crippen LogP contribution is -2.43. The van der Waals surface area contributed by atoms with E-state index in [-0.39, 0.29) is 12.6 Å². The molecule has 0 aliphatic heterocycles. The standard InChI is InChI=1S/C18H21FN2O2/c1-18(2,23)13-21(12-14-7-4-3-5-8-14)17(22)20-16-10-6-9-15(19)11-16/h3-11,23H,12-13H2,1-2H3,(H,20,22). The molecule has 2 aromatic rings. The van der Waals surface area contributed by atoms with E-state index < -0.39 is 11.4 Å². The lowest BCUT2D eigenvalue weighted by Gasteiger charge is -2.29. The van der Waals surface area contributed by atoms with Crippen molar-refractivity contribution in [2.45, 2.75) is 26.0 Å². The fourth-order valence-electron chi connectivity index (χ4n) is 2.24. The second-order valence-corrected chi connectivity index (χ2v) is 6.09. The highest BCUT2D eigenvalue weighted by atomic mass is 19.1. The molecule has 2 aromatic carbocycles. The number of carbonyl (C=O) groups is 1. The molecule has 0 aliphatic carbocycles. The summed E-state index contributed by atoms with van der Waals surface area (Å²) in [6.45, 7) is 3.79. The number of aliphatic hydroxyl groups is 1. The van der Waals surface area contributed by atoms with Crippen LogP contribution in [0.5, 0.6) is 0 Å². The van der Waals surface area contributed by atoms with E-state index in [0.29, 0.717) is 12.2 Å². The molecule has 2 N–H and O–H groups in total. The van der Waals surface area contributed by atoms with Crippen LogP contribution in [0, 0.1) is 5.82 Å². The number of anilines is 1. The average Bonchev–Trinajstić information content (AvgIpc) is 2.46. The highest BCUT2D eigenvalue weighted by Gasteiger charge is 2.23. The summed E-state index contributed by atoms with van der Waals surface area (Å²) in [5, 5.41) is 12.7. The van der Waals surface area contributed by atoms with Gasteiger partial charge in [0, 0.05) is 12.2 Å². The van der Waals surface area contributed by atoms with Crippen LogP contribution in [-0.4, -0.2) is 28.2 Å². The van der Waals surface area contributed by atoms with Gasteiger partial charge in [-0.25, -0.2) is 9.18 Å². The zero-order valence-corrected chi connectivity index (χ0v) is 13.3. The summed E-state index contributed by atoms with van der Waals surface area (Å²) in [6, 6.07) is 14.8. The molecule has 2 amide bonds. The number of nitrogens with one attached hydrogen (secondary N) is 1. The van der Waals surface area contributed by atoms with Crippen LogP contribution in [-0.2, 0) is 6.54 Å². The lowest BCUT2D eigenvalue weighted by atomic mass is 10.1. The average molecular weight is 316 g/mol. The summed E-state index contributed by atoms with van der Waals surface area (Å²) >= 11 is 0. The summed E-state index contributed by atoms with van der Waals surface area (Å²) in [5.41, 5.74) is 0.295. The number of hydrogen-bond acceptors (Lipinski definition) is 2. The van der Waals surface area contributed by atoms with Gasteiger partial charge in [-0.05, 0) is 37.6 Å². The molecule has 0 atom stereocenters. The van der Waals surface area contributed by atoms with Crippen molar-refractivity contribution in [1.82, 2.24) is 4.90 Å². The van der Waals surface area contributed by atoms with Gasteiger partial charge < -0.3 is 15.3 Å². The van der Waals surface area contributed by atoms with Crippen molar-refractivity contribution in [1.29, 1.82) is 0 Å². The fraction of sp³-hybridized carbons (Fsp3) is 0.278. The SMILES string of the molecule is CC(C)(O)CN(Cc1ccccc1)C(=O)Nc1cccc(F)c1. The van der Waals surface area contributed by atoms with Gasteiger partial charge in [0.2, 0.25) is 0 Å². The van der Waals surface area contributed by atoms with Crippen LogP contribution in [0.2, 0.25) is 0 Å². The van der Waals surface area contributed by atoms with Crippen LogP contribution in [0.1, 0.15) is 19.4 Å². The fourth-order valence-corrected chi connectivity index (χ4v) is 2.24. The van der Waals surface area contributed by atoms with Crippen molar-refractivity contribution in [3.8, 4) is 0 Å². The molecule has 2 rings (SSSR count). The van der Waals surface area contributed by atoms with E-state index in [2.05, 4.69) is 5.32 Å². The van der Waals surface area contributed by atoms with E-state index in [0.717, 1.165) is 5.56 Å². The number of carbonyl (C=O) groups excluding carboxylic acids is 1. The van der Waals surface area contributed by atoms with Gasteiger partial charge >= 0.3 is 6.03 Å². The van der Waals surface area contributed by atoms with Gasteiger partial charge in [0.1, 0.15) is 5.82 Å². The molecule has 5 heteroatoms. The zero-order valence-electron chi connectivity index (χ0n) is 13.3. The van der Waals surface area contributed by atoms with Gasteiger partial charge in [0.05, 0.1) is 12.1 Å². The Balaban J connectivity index is 2.13. The molecule has 0 heterocycles. The van der Waals surface area contributed by atoms with E-state index in [9.17, 15) is 14.3 Å². The first kappa shape index (κ1) is 17.0. The zero-order chi connectivity index (χ0) is 16.9. The Bertz CT molecular complexity index is 654. The second kappa shape index (κ2) is 7.24. The number of hydrogen-bond donors (Lipinski definition) is 2. The van der Waals surface area contributed by atoms with Gasteiger partial charge in [-0.3, -0.25) is 0 Å². The van der Waals surface area contributed by atoms with Crippen LogP contribution in [0.3, 0.4) is 0 Å². The summed E-state index contributed by atoms with van der Waals surface area (Å²) in [7, 11) is 0. The Morgan fingerprint density at radius 1 is 1.17 bits per heavy atom. The van der Waals surface area contributed by atoms with E-state index in [4.69, 9.17) is 0 Å². The molecule has 0 aliphatic rings. The molecule has 0 spiro atoms. The van der Waals surface area contributed by atoms with Crippen molar-refractivity contribution >= 4 is 11.7 Å². The van der Waals surface area contributed by atoms with Crippen molar-refractivity contribution < 1.29 is 14.3 Å². The third-order valence-corrected chi connectivity index (χ3v) is 3.16. The molecule has 4 nitrogen and oxygen atoms in total. The Morgan fingerprint density at radius 2 is 1.87 bits per heavy atom. The van der Waals surface area contributed by atoms with Gasteiger partial charge in [0.25, 0.3) is 0 Å². The molecule has 0 saturated carbocycles. The summed E-state index contributed by atoms with van der Waals surface area (Å²) in [5.74, 6) is -0.417. The van der Waals surface area contributed by atoms with Crippen LogP contribution < -0.4 is 5.32 Å². The van der Waals surface area contributed by atoms with Crippen LogP contribution in [0.25, 0.3) is 0 Å². The van der Waals surface area contributed by atoms with E-state index in [1.54, 1.807) is 19.9 Å². The molecule has 0 saturated heterocycles. The first-order chi connectivity index (χ1) is 10.8. The van der Waals surface area contributed by atoms with Crippen LogP contribution in [0.4, 0.5) is 14.9 Å². The highest BCUT2D eigenvalue weighted by Crippen LogP contribution is 2.14. The normalized spacial score (nSPS) is 11.1. The smallest absolute Gasteiger partial charge is 0.322 e. The van der Waals surface area contributed by atoms with Gasteiger partial charge in [-0.15, -0.1) is 0 Å². The van der Waals surface area contributed by atoms with Crippen molar-refractivity contribution in [2.75, 3.05) is 11.9 Å². The number of benzene rings is 2. The van der Waals surface area contributed by atoms with Gasteiger partial charge in [-0.1, -0.05) is 36.4 Å². The Morgan fingerprint density at radius 3 is 2.48 bits per heavy atom. The Hall–Kier alpha value is -2.40. The number of urea groups is 1. The first-order valence-electron chi connectivity index (χ1n) is 7.41. The maximum atomic E-state index is 13.2. The van der Waals surface area contributed by atoms with Crippen LogP contribution >= 0.6 is 0 Å². The number of halogens is 1. The third kappa shape index (κ3) is 5.71. The molecule has 0 radical (unpaired) electrons. The molecule has 0 unspecified atom stereocenters. The Labute approximate surface area is 135 Å². The first-order valence-corrected chi connectivity index (χ1v) is 7.41. The number of rotatable bonds is 5. The summed E-state index contributed by atoms with van der Waals surface area (Å²) in [6.07, 6.45) is 0. The summed E-state index contributed by atoms with van der Waals surface area (Å²) in [4.78, 5) is 14.0. The molecule has 0 bridgehead atoms. The monoisotopic (exact) mass is 316 g/mol.